The molecule has 0 radical (unpaired) electrons. The number of ether oxygens (including phenoxy) is 1. The van der Waals surface area contributed by atoms with E-state index >= 15 is 0 Å². The normalized spacial score (nSPS) is 14.1. The van der Waals surface area contributed by atoms with Crippen molar-refractivity contribution in [1.82, 2.24) is 15.3 Å². The average Bonchev–Trinajstić information content (AvgIpc) is 3.16. The van der Waals surface area contributed by atoms with Crippen LogP contribution >= 0.6 is 0 Å². The van der Waals surface area contributed by atoms with E-state index < -0.39 is 16.4 Å². The molecular formula is C18H17N5O4S. The summed E-state index contributed by atoms with van der Waals surface area (Å²) >= 11 is 0. The van der Waals surface area contributed by atoms with E-state index in [2.05, 4.69) is 24.5 Å². The van der Waals surface area contributed by atoms with Gasteiger partial charge in [0.25, 0.3) is 5.91 Å². The minimum atomic E-state index is -2.84. The van der Waals surface area contributed by atoms with Crippen molar-refractivity contribution < 1.29 is 17.9 Å². The number of aromatic nitrogens is 2. The quantitative estimate of drug-likeness (QED) is 0.689. The Morgan fingerprint density at radius 3 is 2.79 bits per heavy atom. The number of benzene rings is 1. The second kappa shape index (κ2) is 7.79. The van der Waals surface area contributed by atoms with Gasteiger partial charge in [0.05, 0.1) is 11.8 Å². The van der Waals surface area contributed by atoms with Crippen molar-refractivity contribution >= 4 is 33.1 Å². The molecule has 0 unspecified atom stereocenters. The van der Waals surface area contributed by atoms with E-state index in [0.717, 1.165) is 42.9 Å². The maximum Gasteiger partial charge on any atom is 0.319 e. The van der Waals surface area contributed by atoms with E-state index in [1.54, 1.807) is 24.4 Å². The Hall–Kier alpha value is -3.24. The van der Waals surface area contributed by atoms with Crippen LogP contribution < -0.4 is 15.0 Å². The van der Waals surface area contributed by atoms with E-state index in [9.17, 15) is 13.2 Å². The van der Waals surface area contributed by atoms with Crippen LogP contribution in [0.1, 0.15) is 10.4 Å². The molecule has 9 nitrogen and oxygen atoms in total. The smallest absolute Gasteiger partial charge is 0.319 e. The molecule has 0 atom stereocenters. The van der Waals surface area contributed by atoms with Gasteiger partial charge in [-0.3, -0.25) is 4.79 Å². The molecule has 1 fully saturated rings. The van der Waals surface area contributed by atoms with Crippen molar-refractivity contribution in [3.8, 4) is 11.5 Å². The van der Waals surface area contributed by atoms with Crippen molar-refractivity contribution in [2.45, 2.75) is 0 Å². The standard InChI is InChI=1S/C18H17N5O4S/c24-18(22-28(25)26)15-2-1-13(23-7-5-19-6-8-23)10-16(15)27-14-9-12-3-4-20-17(12)21-11-14/h1-4,9-11,19H,5-8H2,(H,20,21). The van der Waals surface area contributed by atoms with Gasteiger partial charge in [-0.1, -0.05) is 4.36 Å². The monoisotopic (exact) mass is 399 g/mol. The minimum absolute atomic E-state index is 0.0669. The highest BCUT2D eigenvalue weighted by Crippen LogP contribution is 2.31. The number of nitrogens with zero attached hydrogens (tertiary/aromatic N) is 3. The summed E-state index contributed by atoms with van der Waals surface area (Å²) < 4.78 is 30.7. The molecule has 2 aromatic heterocycles. The van der Waals surface area contributed by atoms with E-state index in [4.69, 9.17) is 4.74 Å². The van der Waals surface area contributed by atoms with Crippen molar-refractivity contribution in [2.24, 2.45) is 4.36 Å². The molecule has 1 saturated heterocycles. The van der Waals surface area contributed by atoms with Gasteiger partial charge in [0.15, 0.2) is 0 Å². The summed E-state index contributed by atoms with van der Waals surface area (Å²) in [7, 11) is -2.84. The largest absolute Gasteiger partial charge is 0.455 e. The first kappa shape index (κ1) is 18.1. The molecule has 0 spiro atoms. The van der Waals surface area contributed by atoms with Gasteiger partial charge in [0, 0.05) is 49.5 Å². The van der Waals surface area contributed by atoms with Gasteiger partial charge in [-0.2, -0.15) is 8.42 Å². The number of piperazine rings is 1. The number of hydrogen-bond donors (Lipinski definition) is 2. The van der Waals surface area contributed by atoms with Gasteiger partial charge in [0.2, 0.25) is 0 Å². The van der Waals surface area contributed by atoms with Crippen molar-refractivity contribution in [2.75, 3.05) is 31.1 Å². The zero-order valence-corrected chi connectivity index (χ0v) is 15.6. The number of aromatic amines is 1. The summed E-state index contributed by atoms with van der Waals surface area (Å²) in [4.78, 5) is 21.7. The fourth-order valence-corrected chi connectivity index (χ4v) is 3.34. The Morgan fingerprint density at radius 2 is 2.00 bits per heavy atom. The number of H-pyrrole nitrogens is 1. The molecule has 1 aromatic carbocycles. The maximum atomic E-state index is 12.2. The molecule has 0 aliphatic carbocycles. The number of anilines is 1. The predicted octanol–water partition coefficient (Wildman–Crippen LogP) is 1.97. The Labute approximate surface area is 162 Å². The van der Waals surface area contributed by atoms with E-state index in [-0.39, 0.29) is 11.3 Å². The predicted molar refractivity (Wildman–Crippen MR) is 103 cm³/mol. The molecule has 3 aromatic rings. The molecular weight excluding hydrogens is 382 g/mol. The first-order chi connectivity index (χ1) is 13.6. The number of pyridine rings is 1. The Bertz CT molecular complexity index is 1160. The fraction of sp³-hybridized carbons (Fsp3) is 0.222. The SMILES string of the molecule is O=C(N=S(=O)=O)c1ccc(N2CCNCC2)cc1Oc1cnc2[nH]ccc2c1. The lowest BCUT2D eigenvalue weighted by molar-refractivity contribution is 0.100. The van der Waals surface area contributed by atoms with Crippen LogP contribution in [0.25, 0.3) is 11.0 Å². The number of carbonyl (C=O) groups excluding carboxylic acids is 1. The third kappa shape index (κ3) is 3.87. The summed E-state index contributed by atoms with van der Waals surface area (Å²) in [5.74, 6) is -0.223. The lowest BCUT2D eigenvalue weighted by Crippen LogP contribution is -2.43. The minimum Gasteiger partial charge on any atom is -0.455 e. The van der Waals surface area contributed by atoms with Crippen molar-refractivity contribution in [3.63, 3.8) is 0 Å². The molecule has 2 N–H and O–H groups in total. The van der Waals surface area contributed by atoms with Crippen LogP contribution in [0, 0.1) is 0 Å². The molecule has 0 bridgehead atoms. The molecule has 1 aliphatic heterocycles. The van der Waals surface area contributed by atoms with Gasteiger partial charge >= 0.3 is 10.5 Å². The molecule has 3 heterocycles. The van der Waals surface area contributed by atoms with Crippen LogP contribution in [-0.4, -0.2) is 50.5 Å². The number of carbonyl (C=O) groups is 1. The van der Waals surface area contributed by atoms with Gasteiger partial charge in [-0.05, 0) is 24.3 Å². The second-order valence-corrected chi connectivity index (χ2v) is 6.84. The lowest BCUT2D eigenvalue weighted by Gasteiger charge is -2.29. The Morgan fingerprint density at radius 1 is 1.18 bits per heavy atom. The van der Waals surface area contributed by atoms with Crippen LogP contribution in [0.2, 0.25) is 0 Å². The van der Waals surface area contributed by atoms with Crippen molar-refractivity contribution in [1.29, 1.82) is 0 Å². The lowest BCUT2D eigenvalue weighted by atomic mass is 10.1. The van der Waals surface area contributed by atoms with Crippen LogP contribution in [0.3, 0.4) is 0 Å². The zero-order chi connectivity index (χ0) is 19.5. The van der Waals surface area contributed by atoms with Crippen LogP contribution in [0.15, 0.2) is 47.1 Å². The highest BCUT2D eigenvalue weighted by molar-refractivity contribution is 7.62. The van der Waals surface area contributed by atoms with E-state index in [1.807, 2.05) is 6.07 Å². The van der Waals surface area contributed by atoms with Gasteiger partial charge < -0.3 is 19.9 Å². The van der Waals surface area contributed by atoms with Crippen LogP contribution in [-0.2, 0) is 10.5 Å². The van der Waals surface area contributed by atoms with Gasteiger partial charge in [-0.15, -0.1) is 0 Å². The molecule has 1 aliphatic rings. The molecule has 0 saturated carbocycles. The summed E-state index contributed by atoms with van der Waals surface area (Å²) in [6.45, 7) is 3.35. The van der Waals surface area contributed by atoms with E-state index in [1.165, 1.54) is 12.3 Å². The zero-order valence-electron chi connectivity index (χ0n) is 14.8. The van der Waals surface area contributed by atoms with Crippen LogP contribution in [0.5, 0.6) is 11.5 Å². The summed E-state index contributed by atoms with van der Waals surface area (Å²) in [5, 5.41) is 4.14. The fourth-order valence-electron chi connectivity index (χ4n) is 3.11. The average molecular weight is 399 g/mol. The molecule has 4 rings (SSSR count). The second-order valence-electron chi connectivity index (χ2n) is 6.22. The first-order valence-electron chi connectivity index (χ1n) is 8.66. The van der Waals surface area contributed by atoms with Gasteiger partial charge in [0.1, 0.15) is 17.1 Å². The third-order valence-corrected chi connectivity index (χ3v) is 4.75. The first-order valence-corrected chi connectivity index (χ1v) is 9.69. The number of fused-ring (bicyclic) bond motifs is 1. The summed E-state index contributed by atoms with van der Waals surface area (Å²) in [6, 6.07) is 8.67. The van der Waals surface area contributed by atoms with Crippen LogP contribution in [0.4, 0.5) is 5.69 Å². The maximum absolute atomic E-state index is 12.2. The van der Waals surface area contributed by atoms with Gasteiger partial charge in [-0.25, -0.2) is 4.98 Å². The number of hydrogen-bond acceptors (Lipinski definition) is 7. The number of nitrogens with one attached hydrogen (secondary N) is 2. The molecule has 10 heteroatoms. The van der Waals surface area contributed by atoms with Crippen molar-refractivity contribution in [3.05, 3.63) is 48.3 Å². The number of amides is 1. The molecule has 1 amide bonds. The molecule has 144 valence electrons. The highest BCUT2D eigenvalue weighted by Gasteiger charge is 2.18. The Kier molecular flexibility index (Phi) is 5.04. The van der Waals surface area contributed by atoms with E-state index in [0.29, 0.717) is 5.75 Å². The third-order valence-electron chi connectivity index (χ3n) is 4.44. The summed E-state index contributed by atoms with van der Waals surface area (Å²) in [5.41, 5.74) is 1.67. The highest BCUT2D eigenvalue weighted by atomic mass is 32.2. The Balaban J connectivity index is 1.73. The topological polar surface area (TPSA) is 117 Å². The number of rotatable bonds is 4. The molecule has 28 heavy (non-hydrogen) atoms. The summed E-state index contributed by atoms with van der Waals surface area (Å²) in [6.07, 6.45) is 3.30.